The van der Waals surface area contributed by atoms with Crippen LogP contribution in [0.1, 0.15) is 34.8 Å². The number of aliphatic hydroxyl groups excluding tert-OH is 1. The second-order valence-electron chi connectivity index (χ2n) is 6.20. The Morgan fingerprint density at radius 2 is 2.20 bits per heavy atom. The molecule has 1 amide bonds. The van der Waals surface area contributed by atoms with Gasteiger partial charge in [-0.3, -0.25) is 9.48 Å². The monoisotopic (exact) mass is 337 g/mol. The Labute approximate surface area is 144 Å². The minimum Gasteiger partial charge on any atom is -0.387 e. The number of imidazole rings is 1. The highest BCUT2D eigenvalue weighted by molar-refractivity contribution is 5.95. The van der Waals surface area contributed by atoms with Crippen LogP contribution in [0.15, 0.2) is 42.7 Å². The third-order valence-corrected chi connectivity index (χ3v) is 4.41. The van der Waals surface area contributed by atoms with Crippen LogP contribution in [0, 0.1) is 0 Å². The normalized spacial score (nSPS) is 15.0. The number of nitrogens with one attached hydrogen (secondary N) is 1. The Morgan fingerprint density at radius 3 is 2.96 bits per heavy atom. The van der Waals surface area contributed by atoms with Gasteiger partial charge in [-0.1, -0.05) is 12.1 Å². The fourth-order valence-corrected chi connectivity index (χ4v) is 3.07. The van der Waals surface area contributed by atoms with Gasteiger partial charge in [0.15, 0.2) is 0 Å². The maximum Gasteiger partial charge on any atom is 0.254 e. The molecular weight excluding hydrogens is 318 g/mol. The number of aliphatic hydroxyl groups is 1. The summed E-state index contributed by atoms with van der Waals surface area (Å²) >= 11 is 0. The van der Waals surface area contributed by atoms with Crippen LogP contribution < -0.4 is 0 Å². The van der Waals surface area contributed by atoms with Crippen molar-refractivity contribution in [2.24, 2.45) is 0 Å². The number of H-pyrrole nitrogens is 1. The fraction of sp³-hybridized carbons (Fsp3) is 0.278. The molecule has 1 atom stereocenters. The molecule has 7 heteroatoms. The van der Waals surface area contributed by atoms with Crippen molar-refractivity contribution in [3.05, 3.63) is 59.7 Å². The molecule has 4 rings (SSSR count). The number of hydrogen-bond donors (Lipinski definition) is 2. The molecule has 1 aromatic carbocycles. The van der Waals surface area contributed by atoms with E-state index in [1.807, 2.05) is 39.9 Å². The average molecular weight is 337 g/mol. The predicted octanol–water partition coefficient (Wildman–Crippen LogP) is 1.98. The van der Waals surface area contributed by atoms with Crippen LogP contribution in [-0.4, -0.2) is 42.2 Å². The molecule has 0 spiro atoms. The van der Waals surface area contributed by atoms with E-state index in [0.29, 0.717) is 30.9 Å². The highest BCUT2D eigenvalue weighted by Gasteiger charge is 2.24. The molecule has 0 aliphatic carbocycles. The molecule has 0 saturated heterocycles. The summed E-state index contributed by atoms with van der Waals surface area (Å²) in [6.07, 6.45) is 2.84. The van der Waals surface area contributed by atoms with Gasteiger partial charge >= 0.3 is 0 Å². The number of fused-ring (bicyclic) bond motifs is 1. The second-order valence-corrected chi connectivity index (χ2v) is 6.20. The van der Waals surface area contributed by atoms with Crippen molar-refractivity contribution in [2.75, 3.05) is 6.54 Å². The molecule has 3 aromatic rings. The molecule has 1 aliphatic rings. The van der Waals surface area contributed by atoms with Gasteiger partial charge in [-0.15, -0.1) is 0 Å². The van der Waals surface area contributed by atoms with Crippen LogP contribution in [0.25, 0.3) is 11.4 Å². The lowest BCUT2D eigenvalue weighted by Crippen LogP contribution is -2.38. The maximum atomic E-state index is 12.9. The molecular formula is C18H19N5O2. The molecule has 1 aliphatic heterocycles. The van der Waals surface area contributed by atoms with Crippen LogP contribution >= 0.6 is 0 Å². The van der Waals surface area contributed by atoms with Gasteiger partial charge in [0.05, 0.1) is 30.6 Å². The summed E-state index contributed by atoms with van der Waals surface area (Å²) in [4.78, 5) is 22.0. The standard InChI is InChI=1S/C18H19N5O2/c1-12(24)16-10-15-11-22(7-8-23(15)21-16)18(25)14-4-2-3-13(9-14)17-19-5-6-20-17/h2-6,9-10,12,24H,7-8,11H2,1H3,(H,19,20)/t12-/m0/s1. The fourth-order valence-electron chi connectivity index (χ4n) is 3.07. The zero-order chi connectivity index (χ0) is 17.4. The summed E-state index contributed by atoms with van der Waals surface area (Å²) in [5.41, 5.74) is 3.11. The summed E-state index contributed by atoms with van der Waals surface area (Å²) in [5, 5.41) is 14.1. The van der Waals surface area contributed by atoms with Crippen LogP contribution in [0.4, 0.5) is 0 Å². The lowest BCUT2D eigenvalue weighted by atomic mass is 10.1. The third kappa shape index (κ3) is 2.94. The Balaban J connectivity index is 1.56. The number of hydrogen-bond acceptors (Lipinski definition) is 4. The van der Waals surface area contributed by atoms with Gasteiger partial charge in [-0.2, -0.15) is 5.10 Å². The lowest BCUT2D eigenvalue weighted by Gasteiger charge is -2.27. The van der Waals surface area contributed by atoms with Crippen LogP contribution in [-0.2, 0) is 13.1 Å². The second kappa shape index (κ2) is 6.18. The molecule has 0 radical (unpaired) electrons. The number of rotatable bonds is 3. The molecule has 0 fully saturated rings. The van der Waals surface area contributed by atoms with E-state index in [0.717, 1.165) is 17.1 Å². The van der Waals surface area contributed by atoms with E-state index >= 15 is 0 Å². The first kappa shape index (κ1) is 15.6. The molecule has 25 heavy (non-hydrogen) atoms. The molecule has 3 heterocycles. The van der Waals surface area contributed by atoms with Gasteiger partial charge in [0.2, 0.25) is 0 Å². The Kier molecular flexibility index (Phi) is 3.85. The van der Waals surface area contributed by atoms with E-state index in [9.17, 15) is 9.90 Å². The molecule has 0 saturated carbocycles. The van der Waals surface area contributed by atoms with Gasteiger partial charge < -0.3 is 15.0 Å². The summed E-state index contributed by atoms with van der Waals surface area (Å²) in [6, 6.07) is 9.33. The maximum absolute atomic E-state index is 12.9. The van der Waals surface area contributed by atoms with Crippen molar-refractivity contribution in [3.63, 3.8) is 0 Å². The van der Waals surface area contributed by atoms with Crippen molar-refractivity contribution in [2.45, 2.75) is 26.1 Å². The highest BCUT2D eigenvalue weighted by Crippen LogP contribution is 2.21. The van der Waals surface area contributed by atoms with Crippen molar-refractivity contribution in [1.29, 1.82) is 0 Å². The first-order chi connectivity index (χ1) is 12.1. The van der Waals surface area contributed by atoms with E-state index < -0.39 is 6.10 Å². The Bertz CT molecular complexity index is 898. The van der Waals surface area contributed by atoms with E-state index in [-0.39, 0.29) is 5.91 Å². The number of carbonyl (C=O) groups excluding carboxylic acids is 1. The van der Waals surface area contributed by atoms with Crippen LogP contribution in [0.2, 0.25) is 0 Å². The Morgan fingerprint density at radius 1 is 1.32 bits per heavy atom. The number of benzene rings is 1. The minimum atomic E-state index is -0.604. The van der Waals surface area contributed by atoms with Crippen LogP contribution in [0.5, 0.6) is 0 Å². The van der Waals surface area contributed by atoms with E-state index in [4.69, 9.17) is 0 Å². The van der Waals surface area contributed by atoms with Crippen LogP contribution in [0.3, 0.4) is 0 Å². The Hall–Kier alpha value is -2.93. The lowest BCUT2D eigenvalue weighted by molar-refractivity contribution is 0.0705. The van der Waals surface area contributed by atoms with E-state index in [1.165, 1.54) is 0 Å². The zero-order valence-corrected chi connectivity index (χ0v) is 13.9. The number of carbonyl (C=O) groups is 1. The summed E-state index contributed by atoms with van der Waals surface area (Å²) < 4.78 is 1.87. The highest BCUT2D eigenvalue weighted by atomic mass is 16.3. The first-order valence-electron chi connectivity index (χ1n) is 8.25. The number of aromatic nitrogens is 4. The molecule has 128 valence electrons. The number of aromatic amines is 1. The SMILES string of the molecule is C[C@H](O)c1cc2n(n1)CCN(C(=O)c1cccc(-c3ncc[nH]3)c1)C2. The summed E-state index contributed by atoms with van der Waals surface area (Å²) in [7, 11) is 0. The quantitative estimate of drug-likeness (QED) is 0.765. The number of nitrogens with zero attached hydrogens (tertiary/aromatic N) is 4. The predicted molar refractivity (Wildman–Crippen MR) is 91.6 cm³/mol. The topological polar surface area (TPSA) is 87.0 Å². The van der Waals surface area contributed by atoms with E-state index in [2.05, 4.69) is 15.1 Å². The van der Waals surface area contributed by atoms with Gasteiger partial charge in [0.1, 0.15) is 5.82 Å². The minimum absolute atomic E-state index is 0.0144. The smallest absolute Gasteiger partial charge is 0.254 e. The molecule has 7 nitrogen and oxygen atoms in total. The average Bonchev–Trinajstić information content (AvgIpc) is 3.30. The largest absolute Gasteiger partial charge is 0.387 e. The molecule has 0 unspecified atom stereocenters. The van der Waals surface area contributed by atoms with Gasteiger partial charge in [0, 0.05) is 30.1 Å². The molecule has 0 bridgehead atoms. The van der Waals surface area contributed by atoms with Crippen molar-refractivity contribution in [3.8, 4) is 11.4 Å². The molecule has 2 N–H and O–H groups in total. The van der Waals surface area contributed by atoms with Crippen molar-refractivity contribution in [1.82, 2.24) is 24.6 Å². The van der Waals surface area contributed by atoms with Gasteiger partial charge in [0.25, 0.3) is 5.91 Å². The number of amides is 1. The molecule has 2 aromatic heterocycles. The third-order valence-electron chi connectivity index (χ3n) is 4.41. The zero-order valence-electron chi connectivity index (χ0n) is 13.9. The van der Waals surface area contributed by atoms with Crippen molar-refractivity contribution < 1.29 is 9.90 Å². The van der Waals surface area contributed by atoms with Crippen molar-refractivity contribution >= 4 is 5.91 Å². The van der Waals surface area contributed by atoms with Gasteiger partial charge in [-0.05, 0) is 25.1 Å². The van der Waals surface area contributed by atoms with Gasteiger partial charge in [-0.25, -0.2) is 4.98 Å². The van der Waals surface area contributed by atoms with E-state index in [1.54, 1.807) is 19.3 Å². The first-order valence-corrected chi connectivity index (χ1v) is 8.25. The summed E-state index contributed by atoms with van der Waals surface area (Å²) in [6.45, 7) is 3.41. The summed E-state index contributed by atoms with van der Waals surface area (Å²) in [5.74, 6) is 0.729.